The number of carbonyl (C=O) groups is 1. The maximum absolute atomic E-state index is 12.4. The summed E-state index contributed by atoms with van der Waals surface area (Å²) in [5.41, 5.74) is 4.95. The predicted molar refractivity (Wildman–Crippen MR) is 94.0 cm³/mol. The summed E-state index contributed by atoms with van der Waals surface area (Å²) in [5.74, 6) is -0.182. The summed E-state index contributed by atoms with van der Waals surface area (Å²) in [6, 6.07) is 4.17. The van der Waals surface area contributed by atoms with E-state index < -0.39 is 17.6 Å². The topological polar surface area (TPSA) is 79.5 Å². The normalized spacial score (nSPS) is 11.8. The third kappa shape index (κ3) is 8.05. The minimum absolute atomic E-state index is 0. The zero-order valence-corrected chi connectivity index (χ0v) is 15.1. The highest BCUT2D eigenvalue weighted by atomic mass is 127. The summed E-state index contributed by atoms with van der Waals surface area (Å²) in [6.07, 6.45) is -4.41. The number of aliphatic imine (C=N–C) groups is 1. The predicted octanol–water partition coefficient (Wildman–Crippen LogP) is 2.37. The Kier molecular flexibility index (Phi) is 8.95. The molecule has 0 radical (unpaired) electrons. The first-order chi connectivity index (χ1) is 10.2. The number of carbonyl (C=O) groups excluding carboxylic acids is 1. The number of halogens is 4. The van der Waals surface area contributed by atoms with E-state index in [1.54, 1.807) is 0 Å². The molecule has 0 aliphatic heterocycles. The highest BCUT2D eigenvalue weighted by Crippen LogP contribution is 2.28. The molecule has 1 rings (SSSR count). The van der Waals surface area contributed by atoms with Crippen LogP contribution in [0.3, 0.4) is 0 Å². The van der Waals surface area contributed by atoms with E-state index >= 15 is 0 Å². The summed E-state index contributed by atoms with van der Waals surface area (Å²) in [5, 5.41) is 5.45. The molecule has 0 aromatic heterocycles. The molecule has 23 heavy (non-hydrogen) atoms. The minimum Gasteiger partial charge on any atom is -0.370 e. The highest BCUT2D eigenvalue weighted by Gasteiger charge is 2.30. The SMILES string of the molecule is CC(C)NC(N)=NCCNC(=O)c1ccc(C(F)(F)F)cc1.I. The lowest BCUT2D eigenvalue weighted by atomic mass is 10.1. The van der Waals surface area contributed by atoms with Gasteiger partial charge in [0.05, 0.1) is 12.1 Å². The molecule has 5 nitrogen and oxygen atoms in total. The van der Waals surface area contributed by atoms with Crippen LogP contribution in [0, 0.1) is 0 Å². The summed E-state index contributed by atoms with van der Waals surface area (Å²) in [7, 11) is 0. The van der Waals surface area contributed by atoms with Gasteiger partial charge < -0.3 is 16.4 Å². The third-order valence-corrected chi connectivity index (χ3v) is 2.59. The Hall–Kier alpha value is -1.52. The molecule has 1 aromatic carbocycles. The lowest BCUT2D eigenvalue weighted by Gasteiger charge is -2.09. The van der Waals surface area contributed by atoms with Gasteiger partial charge in [-0.25, -0.2) is 0 Å². The van der Waals surface area contributed by atoms with Crippen molar-refractivity contribution in [1.29, 1.82) is 0 Å². The molecule has 0 fully saturated rings. The number of guanidine groups is 1. The summed E-state index contributed by atoms with van der Waals surface area (Å²) >= 11 is 0. The van der Waals surface area contributed by atoms with Gasteiger partial charge in [0.2, 0.25) is 0 Å². The first kappa shape index (κ1) is 21.5. The zero-order chi connectivity index (χ0) is 16.8. The molecule has 130 valence electrons. The van der Waals surface area contributed by atoms with Gasteiger partial charge in [-0.15, -0.1) is 24.0 Å². The van der Waals surface area contributed by atoms with Gasteiger partial charge in [0.25, 0.3) is 5.91 Å². The number of nitrogens with one attached hydrogen (secondary N) is 2. The highest BCUT2D eigenvalue weighted by molar-refractivity contribution is 14.0. The van der Waals surface area contributed by atoms with Crippen molar-refractivity contribution in [3.05, 3.63) is 35.4 Å². The van der Waals surface area contributed by atoms with E-state index in [2.05, 4.69) is 15.6 Å². The summed E-state index contributed by atoms with van der Waals surface area (Å²) < 4.78 is 37.2. The van der Waals surface area contributed by atoms with Gasteiger partial charge >= 0.3 is 6.18 Å². The van der Waals surface area contributed by atoms with E-state index in [-0.39, 0.29) is 54.6 Å². The molecule has 0 bridgehead atoms. The van der Waals surface area contributed by atoms with Gasteiger partial charge in [-0.2, -0.15) is 13.2 Å². The van der Waals surface area contributed by atoms with E-state index in [1.807, 2.05) is 13.8 Å². The minimum atomic E-state index is -4.41. The first-order valence-corrected chi connectivity index (χ1v) is 6.72. The van der Waals surface area contributed by atoms with Crippen molar-refractivity contribution >= 4 is 35.8 Å². The maximum atomic E-state index is 12.4. The molecule has 0 heterocycles. The van der Waals surface area contributed by atoms with Crippen LogP contribution in [-0.4, -0.2) is 31.0 Å². The molecule has 0 aliphatic rings. The third-order valence-electron chi connectivity index (χ3n) is 2.59. The Balaban J connectivity index is 0.00000484. The monoisotopic (exact) mass is 444 g/mol. The van der Waals surface area contributed by atoms with Crippen LogP contribution in [0.4, 0.5) is 13.2 Å². The molecular weight excluding hydrogens is 424 g/mol. The standard InChI is InChI=1S/C14H19F3N4O.HI/c1-9(2)21-13(18)20-8-7-19-12(22)10-3-5-11(6-4-10)14(15,16)17;/h3-6,9H,7-8H2,1-2H3,(H,19,22)(H3,18,20,21);1H. The van der Waals surface area contributed by atoms with E-state index in [1.165, 1.54) is 0 Å². The molecule has 0 spiro atoms. The van der Waals surface area contributed by atoms with Crippen molar-refractivity contribution in [3.8, 4) is 0 Å². The van der Waals surface area contributed by atoms with Crippen LogP contribution >= 0.6 is 24.0 Å². The van der Waals surface area contributed by atoms with Gasteiger partial charge in [0.1, 0.15) is 0 Å². The fraction of sp³-hybridized carbons (Fsp3) is 0.429. The Morgan fingerprint density at radius 2 is 1.83 bits per heavy atom. The van der Waals surface area contributed by atoms with E-state index in [4.69, 9.17) is 5.73 Å². The lowest BCUT2D eigenvalue weighted by molar-refractivity contribution is -0.137. The lowest BCUT2D eigenvalue weighted by Crippen LogP contribution is -2.37. The van der Waals surface area contributed by atoms with Crippen LogP contribution in [0.1, 0.15) is 29.8 Å². The van der Waals surface area contributed by atoms with Crippen LogP contribution < -0.4 is 16.4 Å². The molecule has 0 unspecified atom stereocenters. The van der Waals surface area contributed by atoms with Crippen molar-refractivity contribution in [2.75, 3.05) is 13.1 Å². The molecule has 0 saturated heterocycles. The van der Waals surface area contributed by atoms with Gasteiger partial charge in [-0.1, -0.05) is 0 Å². The van der Waals surface area contributed by atoms with Crippen LogP contribution in [0.2, 0.25) is 0 Å². The average molecular weight is 444 g/mol. The summed E-state index contributed by atoms with van der Waals surface area (Å²) in [4.78, 5) is 15.7. The Labute approximate surface area is 149 Å². The largest absolute Gasteiger partial charge is 0.416 e. The van der Waals surface area contributed by atoms with Gasteiger partial charge in [0.15, 0.2) is 5.96 Å². The number of hydrogen-bond acceptors (Lipinski definition) is 2. The quantitative estimate of drug-likeness (QED) is 0.283. The van der Waals surface area contributed by atoms with E-state index in [0.717, 1.165) is 24.3 Å². The number of nitrogens with two attached hydrogens (primary N) is 1. The van der Waals surface area contributed by atoms with E-state index in [9.17, 15) is 18.0 Å². The van der Waals surface area contributed by atoms with Crippen molar-refractivity contribution in [1.82, 2.24) is 10.6 Å². The van der Waals surface area contributed by atoms with E-state index in [0.29, 0.717) is 0 Å². The molecule has 1 amide bonds. The zero-order valence-electron chi connectivity index (χ0n) is 12.8. The smallest absolute Gasteiger partial charge is 0.370 e. The first-order valence-electron chi connectivity index (χ1n) is 6.72. The number of alkyl halides is 3. The molecule has 0 saturated carbocycles. The Bertz CT molecular complexity index is 530. The van der Waals surface area contributed by atoms with Crippen LogP contribution in [0.5, 0.6) is 0 Å². The van der Waals surface area contributed by atoms with Gasteiger partial charge in [-0.05, 0) is 38.1 Å². The average Bonchev–Trinajstić information content (AvgIpc) is 2.42. The number of benzene rings is 1. The fourth-order valence-electron chi connectivity index (χ4n) is 1.60. The molecule has 0 aliphatic carbocycles. The second-order valence-corrected chi connectivity index (χ2v) is 4.90. The molecule has 4 N–H and O–H groups in total. The Morgan fingerprint density at radius 3 is 2.30 bits per heavy atom. The van der Waals surface area contributed by atoms with Crippen molar-refractivity contribution in [2.45, 2.75) is 26.1 Å². The number of amides is 1. The molecule has 0 atom stereocenters. The van der Waals surface area contributed by atoms with Gasteiger partial charge in [-0.3, -0.25) is 9.79 Å². The number of rotatable bonds is 5. The number of hydrogen-bond donors (Lipinski definition) is 3. The van der Waals surface area contributed by atoms with Crippen molar-refractivity contribution in [2.24, 2.45) is 10.7 Å². The second-order valence-electron chi connectivity index (χ2n) is 4.90. The fourth-order valence-corrected chi connectivity index (χ4v) is 1.60. The molecule has 1 aromatic rings. The van der Waals surface area contributed by atoms with Crippen molar-refractivity contribution < 1.29 is 18.0 Å². The molecule has 9 heteroatoms. The van der Waals surface area contributed by atoms with Crippen LogP contribution in [0.25, 0.3) is 0 Å². The Morgan fingerprint density at radius 1 is 1.26 bits per heavy atom. The second kappa shape index (κ2) is 9.58. The van der Waals surface area contributed by atoms with Crippen LogP contribution in [-0.2, 0) is 6.18 Å². The molecular formula is C14H20F3IN4O. The summed E-state index contributed by atoms with van der Waals surface area (Å²) in [6.45, 7) is 4.34. The van der Waals surface area contributed by atoms with Crippen LogP contribution in [0.15, 0.2) is 29.3 Å². The number of nitrogens with zero attached hydrogens (tertiary/aromatic N) is 1. The van der Waals surface area contributed by atoms with Crippen molar-refractivity contribution in [3.63, 3.8) is 0 Å². The van der Waals surface area contributed by atoms with Gasteiger partial charge in [0, 0.05) is 18.2 Å². The maximum Gasteiger partial charge on any atom is 0.416 e.